The lowest BCUT2D eigenvalue weighted by Gasteiger charge is -2.60. The first-order valence-electron chi connectivity index (χ1n) is 11.6. The molecule has 6 rings (SSSR count). The zero-order chi connectivity index (χ0) is 19.4. The van der Waals surface area contributed by atoms with Crippen molar-refractivity contribution in [3.63, 3.8) is 0 Å². The van der Waals surface area contributed by atoms with Crippen molar-refractivity contribution in [3.8, 4) is 5.75 Å². The lowest BCUT2D eigenvalue weighted by atomic mass is 9.58. The largest absolute Gasteiger partial charge is 0.497 e. The van der Waals surface area contributed by atoms with Crippen LogP contribution in [0.5, 0.6) is 5.75 Å². The van der Waals surface area contributed by atoms with Crippen molar-refractivity contribution in [2.75, 3.05) is 53.1 Å². The van der Waals surface area contributed by atoms with E-state index in [4.69, 9.17) is 14.2 Å². The molecule has 1 saturated carbocycles. The predicted octanol–water partition coefficient (Wildman–Crippen LogP) is 2.46. The summed E-state index contributed by atoms with van der Waals surface area (Å²) >= 11 is 0. The van der Waals surface area contributed by atoms with Crippen LogP contribution in [0.4, 0.5) is 0 Å². The first kappa shape index (κ1) is 18.6. The van der Waals surface area contributed by atoms with Gasteiger partial charge in [0, 0.05) is 37.1 Å². The number of piperidine rings is 1. The van der Waals surface area contributed by atoms with Gasteiger partial charge in [-0.05, 0) is 67.8 Å². The molecule has 0 aromatic heterocycles. The zero-order valence-electron chi connectivity index (χ0n) is 17.6. The van der Waals surface area contributed by atoms with Crippen LogP contribution in [0.3, 0.4) is 0 Å². The summed E-state index contributed by atoms with van der Waals surface area (Å²) in [6, 6.07) is 7.86. The molecule has 0 amide bonds. The first-order valence-corrected chi connectivity index (χ1v) is 11.6. The third kappa shape index (κ3) is 3.13. The summed E-state index contributed by atoms with van der Waals surface area (Å²) in [5.41, 5.74) is 3.18. The molecule has 3 aliphatic heterocycles. The Bertz CT molecular complexity index is 760. The van der Waals surface area contributed by atoms with Gasteiger partial charge in [0.05, 0.1) is 33.0 Å². The van der Waals surface area contributed by atoms with Crippen LogP contribution < -0.4 is 4.74 Å². The molecule has 4 atom stereocenters. The molecule has 29 heavy (non-hydrogen) atoms. The van der Waals surface area contributed by atoms with Gasteiger partial charge in [0.15, 0.2) is 0 Å². The highest BCUT2D eigenvalue weighted by Gasteiger charge is 2.57. The van der Waals surface area contributed by atoms with Gasteiger partial charge in [0.1, 0.15) is 5.75 Å². The minimum atomic E-state index is 0.133. The van der Waals surface area contributed by atoms with E-state index in [1.54, 1.807) is 7.11 Å². The third-order valence-corrected chi connectivity index (χ3v) is 8.31. The summed E-state index contributed by atoms with van der Waals surface area (Å²) in [7, 11) is 1.79. The second kappa shape index (κ2) is 7.23. The molecule has 2 aliphatic carbocycles. The lowest BCUT2D eigenvalue weighted by molar-refractivity contribution is -0.157. The Balaban J connectivity index is 1.37. The van der Waals surface area contributed by atoms with E-state index >= 15 is 0 Å². The number of nitrogens with zero attached hydrogens (tertiary/aromatic N) is 2. The van der Waals surface area contributed by atoms with Crippen LogP contribution in [0.2, 0.25) is 0 Å². The van der Waals surface area contributed by atoms with Crippen LogP contribution in [0.1, 0.15) is 36.8 Å². The second-order valence-corrected chi connectivity index (χ2v) is 9.90. The number of rotatable bonds is 4. The van der Waals surface area contributed by atoms with Crippen molar-refractivity contribution in [1.29, 1.82) is 0 Å². The summed E-state index contributed by atoms with van der Waals surface area (Å²) in [6.07, 6.45) is 6.72. The van der Waals surface area contributed by atoms with Crippen molar-refractivity contribution in [3.05, 3.63) is 29.3 Å². The number of hydrogen-bond acceptors (Lipinski definition) is 5. The van der Waals surface area contributed by atoms with E-state index in [1.165, 1.54) is 49.9 Å². The number of likely N-dealkylation sites (tertiary alicyclic amines) is 1. The molecule has 3 saturated heterocycles. The van der Waals surface area contributed by atoms with Crippen molar-refractivity contribution in [1.82, 2.24) is 9.80 Å². The highest BCUT2D eigenvalue weighted by molar-refractivity contribution is 5.46. The third-order valence-electron chi connectivity index (χ3n) is 8.31. The Morgan fingerprint density at radius 2 is 2.03 bits per heavy atom. The zero-order valence-corrected chi connectivity index (χ0v) is 17.6. The topological polar surface area (TPSA) is 34.2 Å². The van der Waals surface area contributed by atoms with Crippen LogP contribution in [0.15, 0.2) is 18.2 Å². The SMILES string of the molecule is COc1ccc2c(c1)[C@@]13CCN(CC4CC4)[C@@H](C2)C1OCC(N1CCOCC1)C3. The predicted molar refractivity (Wildman–Crippen MR) is 112 cm³/mol. The first-order chi connectivity index (χ1) is 14.3. The van der Waals surface area contributed by atoms with Gasteiger partial charge in [-0.1, -0.05) is 6.07 Å². The highest BCUT2D eigenvalue weighted by Crippen LogP contribution is 2.53. The molecular formula is C24H34N2O3. The van der Waals surface area contributed by atoms with Gasteiger partial charge in [-0.25, -0.2) is 0 Å². The van der Waals surface area contributed by atoms with Gasteiger partial charge in [0.25, 0.3) is 0 Å². The van der Waals surface area contributed by atoms with Gasteiger partial charge in [0.2, 0.25) is 0 Å². The molecule has 4 fully saturated rings. The van der Waals surface area contributed by atoms with E-state index < -0.39 is 0 Å². The molecule has 3 heterocycles. The molecular weight excluding hydrogens is 364 g/mol. The fourth-order valence-electron chi connectivity index (χ4n) is 6.61. The monoisotopic (exact) mass is 398 g/mol. The molecule has 158 valence electrons. The molecule has 2 bridgehead atoms. The standard InChI is InChI=1S/C24H34N2O3/c1-27-20-5-4-18-12-22-23-24(21(18)13-20,6-7-26(22)15-17-2-3-17)14-19(16-29-23)25-8-10-28-11-9-25/h4-5,13,17,19,22-23H,2-3,6-12,14-16H2,1H3/t19?,22-,23?,24-/m0/s1. The number of morpholine rings is 1. The van der Waals surface area contributed by atoms with Gasteiger partial charge in [-0.15, -0.1) is 0 Å². The molecule has 1 aromatic carbocycles. The number of methoxy groups -OCH3 is 1. The van der Waals surface area contributed by atoms with E-state index in [2.05, 4.69) is 28.0 Å². The second-order valence-electron chi connectivity index (χ2n) is 9.90. The van der Waals surface area contributed by atoms with Crippen molar-refractivity contribution in [2.24, 2.45) is 5.92 Å². The molecule has 5 nitrogen and oxygen atoms in total. The van der Waals surface area contributed by atoms with Crippen LogP contribution in [-0.2, 0) is 21.3 Å². The van der Waals surface area contributed by atoms with Gasteiger partial charge in [-0.3, -0.25) is 9.80 Å². The van der Waals surface area contributed by atoms with E-state index in [0.29, 0.717) is 18.2 Å². The van der Waals surface area contributed by atoms with Crippen LogP contribution in [0.25, 0.3) is 0 Å². The van der Waals surface area contributed by atoms with Gasteiger partial charge >= 0.3 is 0 Å². The smallest absolute Gasteiger partial charge is 0.119 e. The summed E-state index contributed by atoms with van der Waals surface area (Å²) < 4.78 is 18.1. The molecule has 0 N–H and O–H groups in total. The van der Waals surface area contributed by atoms with Gasteiger partial charge < -0.3 is 14.2 Å². The molecule has 5 aliphatic rings. The average molecular weight is 399 g/mol. The molecule has 0 spiro atoms. The Labute approximate surface area is 174 Å². The summed E-state index contributed by atoms with van der Waals surface area (Å²) in [4.78, 5) is 5.40. The normalized spacial score (nSPS) is 37.6. The van der Waals surface area contributed by atoms with Crippen molar-refractivity contribution in [2.45, 2.75) is 55.7 Å². The number of benzene rings is 1. The van der Waals surface area contributed by atoms with Crippen molar-refractivity contribution < 1.29 is 14.2 Å². The minimum absolute atomic E-state index is 0.133. The lowest BCUT2D eigenvalue weighted by Crippen LogP contribution is -2.68. The van der Waals surface area contributed by atoms with Crippen LogP contribution >= 0.6 is 0 Å². The molecule has 2 unspecified atom stereocenters. The Kier molecular flexibility index (Phi) is 4.64. The highest BCUT2D eigenvalue weighted by atomic mass is 16.5. The van der Waals surface area contributed by atoms with E-state index in [-0.39, 0.29) is 5.41 Å². The average Bonchev–Trinajstić information content (AvgIpc) is 3.60. The molecule has 0 radical (unpaired) electrons. The maximum absolute atomic E-state index is 6.80. The molecule has 1 aromatic rings. The summed E-state index contributed by atoms with van der Waals surface area (Å²) in [6.45, 7) is 7.16. The van der Waals surface area contributed by atoms with Gasteiger partial charge in [-0.2, -0.15) is 0 Å². The molecule has 5 heteroatoms. The van der Waals surface area contributed by atoms with Crippen LogP contribution in [-0.4, -0.2) is 81.1 Å². The van der Waals surface area contributed by atoms with E-state index in [0.717, 1.165) is 51.0 Å². The summed E-state index contributed by atoms with van der Waals surface area (Å²) in [5.74, 6) is 1.92. The quantitative estimate of drug-likeness (QED) is 0.778. The minimum Gasteiger partial charge on any atom is -0.497 e. The van der Waals surface area contributed by atoms with E-state index in [1.807, 2.05) is 0 Å². The maximum atomic E-state index is 6.80. The van der Waals surface area contributed by atoms with E-state index in [9.17, 15) is 0 Å². The van der Waals surface area contributed by atoms with Crippen LogP contribution in [0, 0.1) is 5.92 Å². The summed E-state index contributed by atoms with van der Waals surface area (Å²) in [5, 5.41) is 0. The number of fused-ring (bicyclic) bond motifs is 1. The Morgan fingerprint density at radius 1 is 1.17 bits per heavy atom. The maximum Gasteiger partial charge on any atom is 0.119 e. The number of ether oxygens (including phenoxy) is 3. The van der Waals surface area contributed by atoms with Crippen molar-refractivity contribution >= 4 is 0 Å². The Morgan fingerprint density at radius 3 is 2.83 bits per heavy atom. The Hall–Kier alpha value is -1.14. The fraction of sp³-hybridized carbons (Fsp3) is 0.750. The fourth-order valence-corrected chi connectivity index (χ4v) is 6.61. The number of hydrogen-bond donors (Lipinski definition) is 0.